The largest absolute Gasteiger partial charge is 0.461 e. The van der Waals surface area contributed by atoms with Crippen LogP contribution in [0.2, 0.25) is 0 Å². The fourth-order valence-electron chi connectivity index (χ4n) is 2.37. The molecule has 2 heterocycles. The summed E-state index contributed by atoms with van der Waals surface area (Å²) in [4.78, 5) is 15.9. The number of aryl methyl sites for hydroxylation is 1. The van der Waals surface area contributed by atoms with Crippen molar-refractivity contribution in [1.82, 2.24) is 9.55 Å². The summed E-state index contributed by atoms with van der Waals surface area (Å²) in [6.07, 6.45) is 1.72. The zero-order valence-corrected chi connectivity index (χ0v) is 10.9. The van der Waals surface area contributed by atoms with E-state index in [1.807, 2.05) is 25.2 Å². The van der Waals surface area contributed by atoms with Gasteiger partial charge in [0.05, 0.1) is 18.3 Å². The lowest BCUT2D eigenvalue weighted by Crippen LogP contribution is -2.06. The molecule has 2 aromatic heterocycles. The van der Waals surface area contributed by atoms with Crippen LogP contribution in [-0.2, 0) is 11.8 Å². The van der Waals surface area contributed by atoms with E-state index in [9.17, 15) is 4.79 Å². The minimum atomic E-state index is -0.377. The van der Waals surface area contributed by atoms with Crippen molar-refractivity contribution in [2.24, 2.45) is 7.05 Å². The van der Waals surface area contributed by atoms with Crippen LogP contribution < -0.4 is 0 Å². The maximum atomic E-state index is 11.7. The van der Waals surface area contributed by atoms with E-state index in [2.05, 4.69) is 15.6 Å². The highest BCUT2D eigenvalue weighted by Crippen LogP contribution is 2.27. The first-order valence-corrected chi connectivity index (χ1v) is 6.22. The van der Waals surface area contributed by atoms with Crippen LogP contribution in [0.5, 0.6) is 0 Å². The number of rotatable bonds is 2. The maximum absolute atomic E-state index is 11.7. The van der Waals surface area contributed by atoms with Gasteiger partial charge >= 0.3 is 5.97 Å². The van der Waals surface area contributed by atoms with Crippen molar-refractivity contribution < 1.29 is 9.53 Å². The smallest absolute Gasteiger partial charge is 0.356 e. The second kappa shape index (κ2) is 4.39. The van der Waals surface area contributed by atoms with E-state index in [-0.39, 0.29) is 5.97 Å². The fraction of sp³-hybridized carbons (Fsp3) is 0.200. The van der Waals surface area contributed by atoms with Gasteiger partial charge in [-0.15, -0.1) is 0 Å². The second-order valence-corrected chi connectivity index (χ2v) is 4.38. The molecule has 4 nitrogen and oxygen atoms in total. The van der Waals surface area contributed by atoms with Gasteiger partial charge < -0.3 is 9.30 Å². The first-order chi connectivity index (χ1) is 9.22. The predicted molar refractivity (Wildman–Crippen MR) is 74.2 cm³/mol. The Labute approximate surface area is 110 Å². The van der Waals surface area contributed by atoms with Crippen LogP contribution in [-0.4, -0.2) is 22.1 Å². The molecular weight excluding hydrogens is 240 g/mol. The summed E-state index contributed by atoms with van der Waals surface area (Å²) in [7, 11) is 2.00. The average Bonchev–Trinajstić information content (AvgIpc) is 2.73. The lowest BCUT2D eigenvalue weighted by atomic mass is 10.1. The lowest BCUT2D eigenvalue weighted by molar-refractivity contribution is 0.0520. The van der Waals surface area contributed by atoms with Gasteiger partial charge in [-0.1, -0.05) is 18.2 Å². The number of hydrogen-bond donors (Lipinski definition) is 0. The quantitative estimate of drug-likeness (QED) is 0.660. The summed E-state index contributed by atoms with van der Waals surface area (Å²) in [5.74, 6) is -0.377. The number of carbonyl (C=O) groups excluding carboxylic acids is 1. The second-order valence-electron chi connectivity index (χ2n) is 4.38. The Morgan fingerprint density at radius 3 is 2.84 bits per heavy atom. The van der Waals surface area contributed by atoms with Crippen LogP contribution in [0.1, 0.15) is 17.4 Å². The summed E-state index contributed by atoms with van der Waals surface area (Å²) in [5.41, 5.74) is 2.49. The van der Waals surface area contributed by atoms with Gasteiger partial charge in [-0.25, -0.2) is 9.78 Å². The van der Waals surface area contributed by atoms with E-state index in [1.165, 1.54) is 0 Å². The number of ether oxygens (including phenoxy) is 1. The number of carbonyl (C=O) groups is 1. The van der Waals surface area contributed by atoms with E-state index >= 15 is 0 Å². The Balaban J connectivity index is 2.28. The van der Waals surface area contributed by atoms with E-state index in [0.29, 0.717) is 12.3 Å². The van der Waals surface area contributed by atoms with Crippen molar-refractivity contribution >= 4 is 27.8 Å². The van der Waals surface area contributed by atoms with Gasteiger partial charge in [0, 0.05) is 23.3 Å². The van der Waals surface area contributed by atoms with E-state index < -0.39 is 0 Å². The highest BCUT2D eigenvalue weighted by molar-refractivity contribution is 6.09. The van der Waals surface area contributed by atoms with Gasteiger partial charge in [0.1, 0.15) is 5.69 Å². The van der Waals surface area contributed by atoms with Crippen LogP contribution in [0.15, 0.2) is 36.5 Å². The molecule has 0 bridgehead atoms. The molecule has 0 N–H and O–H groups in total. The first-order valence-electron chi connectivity index (χ1n) is 6.22. The summed E-state index contributed by atoms with van der Waals surface area (Å²) >= 11 is 0. The minimum absolute atomic E-state index is 0.353. The SMILES string of the molecule is CCOC(=O)c1cc2c3ccccc3n(C)c2cn1. The minimum Gasteiger partial charge on any atom is -0.461 e. The lowest BCUT2D eigenvalue weighted by Gasteiger charge is -2.01. The zero-order chi connectivity index (χ0) is 13.4. The Hall–Kier alpha value is -2.36. The number of esters is 1. The van der Waals surface area contributed by atoms with Crippen LogP contribution in [0, 0.1) is 0 Å². The summed E-state index contributed by atoms with van der Waals surface area (Å²) in [6, 6.07) is 9.90. The Kier molecular flexibility index (Phi) is 2.71. The Bertz CT molecular complexity index is 774. The molecule has 0 saturated heterocycles. The molecule has 0 fully saturated rings. The average molecular weight is 254 g/mol. The maximum Gasteiger partial charge on any atom is 0.356 e. The molecule has 0 amide bonds. The fourth-order valence-corrected chi connectivity index (χ4v) is 2.37. The standard InChI is InChI=1S/C15H14N2O2/c1-3-19-15(18)12-8-11-10-6-4-5-7-13(10)17(2)14(11)9-16-12/h4-9H,3H2,1-2H3. The van der Waals surface area contributed by atoms with Gasteiger partial charge in [0.25, 0.3) is 0 Å². The number of pyridine rings is 1. The van der Waals surface area contributed by atoms with Gasteiger partial charge in [-0.05, 0) is 19.1 Å². The highest BCUT2D eigenvalue weighted by Gasteiger charge is 2.13. The van der Waals surface area contributed by atoms with E-state index in [1.54, 1.807) is 19.2 Å². The number of benzene rings is 1. The monoisotopic (exact) mass is 254 g/mol. The third kappa shape index (κ3) is 1.76. The highest BCUT2D eigenvalue weighted by atomic mass is 16.5. The molecule has 0 aliphatic heterocycles. The van der Waals surface area contributed by atoms with Gasteiger partial charge in [-0.2, -0.15) is 0 Å². The molecule has 0 spiro atoms. The molecule has 3 aromatic rings. The van der Waals surface area contributed by atoms with Crippen molar-refractivity contribution in [2.45, 2.75) is 6.92 Å². The molecule has 0 saturated carbocycles. The molecule has 0 atom stereocenters. The van der Waals surface area contributed by atoms with E-state index in [4.69, 9.17) is 4.74 Å². The molecule has 0 aliphatic carbocycles. The molecule has 0 radical (unpaired) electrons. The van der Waals surface area contributed by atoms with Crippen molar-refractivity contribution in [3.8, 4) is 0 Å². The number of nitrogens with zero attached hydrogens (tertiary/aromatic N) is 2. The summed E-state index contributed by atoms with van der Waals surface area (Å²) < 4.78 is 7.06. The number of fused-ring (bicyclic) bond motifs is 3. The number of aromatic nitrogens is 2. The van der Waals surface area contributed by atoms with Crippen LogP contribution >= 0.6 is 0 Å². The van der Waals surface area contributed by atoms with Crippen molar-refractivity contribution in [2.75, 3.05) is 6.61 Å². The van der Waals surface area contributed by atoms with Crippen LogP contribution in [0.4, 0.5) is 0 Å². The molecule has 4 heteroatoms. The normalized spacial score (nSPS) is 11.1. The third-order valence-corrected chi connectivity index (χ3v) is 3.28. The van der Waals surface area contributed by atoms with Crippen LogP contribution in [0.25, 0.3) is 21.8 Å². The molecular formula is C15H14N2O2. The van der Waals surface area contributed by atoms with Gasteiger partial charge in [0.2, 0.25) is 0 Å². The summed E-state index contributed by atoms with van der Waals surface area (Å²) in [6.45, 7) is 2.14. The first kappa shape index (κ1) is 11.7. The molecule has 1 aromatic carbocycles. The molecule has 0 unspecified atom stereocenters. The molecule has 19 heavy (non-hydrogen) atoms. The zero-order valence-electron chi connectivity index (χ0n) is 10.9. The van der Waals surface area contributed by atoms with Crippen molar-refractivity contribution in [1.29, 1.82) is 0 Å². The predicted octanol–water partition coefficient (Wildman–Crippen LogP) is 2.90. The van der Waals surface area contributed by atoms with E-state index in [0.717, 1.165) is 21.8 Å². The number of para-hydroxylation sites is 1. The van der Waals surface area contributed by atoms with Gasteiger partial charge in [0.15, 0.2) is 0 Å². The number of hydrogen-bond acceptors (Lipinski definition) is 3. The van der Waals surface area contributed by atoms with Crippen molar-refractivity contribution in [3.63, 3.8) is 0 Å². The topological polar surface area (TPSA) is 44.1 Å². The molecule has 3 rings (SSSR count). The molecule has 96 valence electrons. The van der Waals surface area contributed by atoms with Crippen molar-refractivity contribution in [3.05, 3.63) is 42.2 Å². The summed E-state index contributed by atoms with van der Waals surface area (Å²) in [5, 5.41) is 2.14. The Morgan fingerprint density at radius 2 is 2.05 bits per heavy atom. The Morgan fingerprint density at radius 1 is 1.26 bits per heavy atom. The van der Waals surface area contributed by atoms with Gasteiger partial charge in [-0.3, -0.25) is 0 Å². The molecule has 0 aliphatic rings. The third-order valence-electron chi connectivity index (χ3n) is 3.28. The van der Waals surface area contributed by atoms with Crippen LogP contribution in [0.3, 0.4) is 0 Å².